The van der Waals surface area contributed by atoms with Gasteiger partial charge in [-0.1, -0.05) is 25.0 Å². The average Bonchev–Trinajstić information content (AvgIpc) is 3.16. The zero-order valence-electron chi connectivity index (χ0n) is 18.1. The molecule has 4 rings (SSSR count). The number of pyridine rings is 1. The predicted molar refractivity (Wildman–Crippen MR) is 119 cm³/mol. The van der Waals surface area contributed by atoms with E-state index in [4.69, 9.17) is 0 Å². The molecule has 7 nitrogen and oxygen atoms in total. The van der Waals surface area contributed by atoms with Gasteiger partial charge in [0.2, 0.25) is 0 Å². The monoisotopic (exact) mass is 458 g/mol. The maximum absolute atomic E-state index is 12.6. The number of halogens is 3. The molecule has 1 aliphatic rings. The average molecular weight is 458 g/mol. The Bertz CT molecular complexity index is 1210. The molecule has 1 aromatic carbocycles. The summed E-state index contributed by atoms with van der Waals surface area (Å²) in [6.45, 7) is 0.601. The summed E-state index contributed by atoms with van der Waals surface area (Å²) < 4.78 is 39.2. The molecule has 33 heavy (non-hydrogen) atoms. The number of rotatable bonds is 6. The van der Waals surface area contributed by atoms with Crippen molar-refractivity contribution in [2.75, 3.05) is 11.9 Å². The Morgan fingerprint density at radius 2 is 1.97 bits per heavy atom. The summed E-state index contributed by atoms with van der Waals surface area (Å²) in [7, 11) is 0. The fourth-order valence-electron chi connectivity index (χ4n) is 4.37. The minimum Gasteiger partial charge on any atom is -0.338 e. The van der Waals surface area contributed by atoms with Gasteiger partial charge in [-0.3, -0.25) is 9.48 Å². The Kier molecular flexibility index (Phi) is 6.42. The minimum absolute atomic E-state index is 0.105. The van der Waals surface area contributed by atoms with E-state index in [1.54, 1.807) is 48.1 Å². The molecule has 3 atom stereocenters. The van der Waals surface area contributed by atoms with E-state index in [0.717, 1.165) is 25.7 Å². The first-order chi connectivity index (χ1) is 15.8. The third-order valence-corrected chi connectivity index (χ3v) is 6.12. The van der Waals surface area contributed by atoms with Crippen LogP contribution >= 0.6 is 0 Å². The number of fused-ring (bicyclic) bond motifs is 1. The van der Waals surface area contributed by atoms with Crippen LogP contribution in [0.4, 0.5) is 24.7 Å². The Balaban J connectivity index is 1.60. The van der Waals surface area contributed by atoms with Gasteiger partial charge >= 0.3 is 6.18 Å². The standard InChI is InChI=1S/C23H25F3N6O/c1-14(29-13-23(24,25)26)15-6-8-17(9-7-15)30-21-20-19(10-11-28-22(20)33)32(31-21)18-5-3-2-4-16(18)12-27/h6-11,14,16,18,29H,2-5,13H2,1H3,(H,28,33)(H,30,31). The van der Waals surface area contributed by atoms with Gasteiger partial charge in [-0.05, 0) is 43.5 Å². The van der Waals surface area contributed by atoms with Crippen molar-refractivity contribution in [2.45, 2.75) is 50.9 Å². The number of hydrogen-bond donors (Lipinski definition) is 3. The summed E-state index contributed by atoms with van der Waals surface area (Å²) in [5.74, 6) is 0.212. The van der Waals surface area contributed by atoms with Crippen LogP contribution in [0.2, 0.25) is 0 Å². The Hall–Kier alpha value is -3.32. The lowest BCUT2D eigenvalue weighted by atomic mass is 9.85. The Morgan fingerprint density at radius 1 is 1.24 bits per heavy atom. The third kappa shape index (κ3) is 5.03. The van der Waals surface area contributed by atoms with E-state index in [-0.39, 0.29) is 17.5 Å². The summed E-state index contributed by atoms with van der Waals surface area (Å²) in [4.78, 5) is 15.3. The molecule has 0 aliphatic heterocycles. The number of aromatic amines is 1. The van der Waals surface area contributed by atoms with Gasteiger partial charge in [0.05, 0.1) is 30.1 Å². The molecule has 3 aromatic rings. The van der Waals surface area contributed by atoms with Gasteiger partial charge in [0.1, 0.15) is 5.39 Å². The number of benzene rings is 1. The summed E-state index contributed by atoms with van der Waals surface area (Å²) in [5.41, 5.74) is 1.73. The summed E-state index contributed by atoms with van der Waals surface area (Å²) in [6.07, 6.45) is 0.919. The topological polar surface area (TPSA) is 98.5 Å². The molecule has 0 radical (unpaired) electrons. The van der Waals surface area contributed by atoms with Crippen molar-refractivity contribution in [3.63, 3.8) is 0 Å². The highest BCUT2D eigenvalue weighted by Gasteiger charge is 2.30. The first-order valence-electron chi connectivity index (χ1n) is 10.9. The highest BCUT2D eigenvalue weighted by Crippen LogP contribution is 2.36. The Labute approximate surface area is 188 Å². The van der Waals surface area contributed by atoms with Crippen molar-refractivity contribution in [3.8, 4) is 6.07 Å². The highest BCUT2D eigenvalue weighted by atomic mass is 19.4. The van der Waals surface area contributed by atoms with E-state index in [9.17, 15) is 23.2 Å². The molecule has 2 heterocycles. The zero-order chi connectivity index (χ0) is 23.6. The fraction of sp³-hybridized carbons (Fsp3) is 0.435. The molecule has 1 aliphatic carbocycles. The van der Waals surface area contributed by atoms with Gasteiger partial charge in [-0.2, -0.15) is 23.5 Å². The summed E-state index contributed by atoms with van der Waals surface area (Å²) in [5, 5.41) is 20.3. The van der Waals surface area contributed by atoms with Crippen LogP contribution in [0, 0.1) is 17.2 Å². The summed E-state index contributed by atoms with van der Waals surface area (Å²) in [6, 6.07) is 10.5. The lowest BCUT2D eigenvalue weighted by Crippen LogP contribution is -2.30. The first-order valence-corrected chi connectivity index (χ1v) is 10.9. The van der Waals surface area contributed by atoms with Crippen LogP contribution in [0.1, 0.15) is 50.3 Å². The summed E-state index contributed by atoms with van der Waals surface area (Å²) >= 11 is 0. The van der Waals surface area contributed by atoms with E-state index in [1.165, 1.54) is 0 Å². The number of nitrogens with zero attached hydrogens (tertiary/aromatic N) is 3. The van der Waals surface area contributed by atoms with Crippen LogP contribution in [0.3, 0.4) is 0 Å². The maximum Gasteiger partial charge on any atom is 0.401 e. The second-order valence-electron chi connectivity index (χ2n) is 8.41. The molecule has 0 amide bonds. The van der Waals surface area contributed by atoms with Gasteiger partial charge < -0.3 is 15.6 Å². The molecule has 3 unspecified atom stereocenters. The smallest absolute Gasteiger partial charge is 0.338 e. The lowest BCUT2D eigenvalue weighted by molar-refractivity contribution is -0.126. The molecule has 0 saturated heterocycles. The number of nitrogens with one attached hydrogen (secondary N) is 3. The van der Waals surface area contributed by atoms with Crippen LogP contribution in [-0.2, 0) is 0 Å². The molecule has 1 saturated carbocycles. The molecule has 3 N–H and O–H groups in total. The fourth-order valence-corrected chi connectivity index (χ4v) is 4.37. The van der Waals surface area contributed by atoms with Crippen LogP contribution in [-0.4, -0.2) is 27.5 Å². The van der Waals surface area contributed by atoms with Crippen LogP contribution in [0.5, 0.6) is 0 Å². The zero-order valence-corrected chi connectivity index (χ0v) is 18.1. The predicted octanol–water partition coefficient (Wildman–Crippen LogP) is 4.94. The second-order valence-corrected chi connectivity index (χ2v) is 8.41. The molecule has 10 heteroatoms. The van der Waals surface area contributed by atoms with Crippen molar-refractivity contribution in [1.29, 1.82) is 5.26 Å². The van der Waals surface area contributed by atoms with Crippen LogP contribution in [0.25, 0.3) is 10.9 Å². The molecule has 2 aromatic heterocycles. The van der Waals surface area contributed by atoms with Gasteiger partial charge in [0.25, 0.3) is 5.56 Å². The first kappa shape index (κ1) is 22.9. The van der Waals surface area contributed by atoms with Crippen molar-refractivity contribution in [3.05, 3.63) is 52.4 Å². The number of alkyl halides is 3. The largest absolute Gasteiger partial charge is 0.401 e. The SMILES string of the molecule is CC(NCC(F)(F)F)c1ccc(Nc2nn(C3CCCCC3C#N)c3cc[nH]c(=O)c23)cc1. The molecule has 174 valence electrons. The Morgan fingerprint density at radius 3 is 2.67 bits per heavy atom. The molecule has 0 spiro atoms. The molecular weight excluding hydrogens is 433 g/mol. The normalized spacial score (nSPS) is 19.8. The molecular formula is C23H25F3N6O. The number of anilines is 2. The highest BCUT2D eigenvalue weighted by molar-refractivity contribution is 5.91. The van der Waals surface area contributed by atoms with Crippen molar-refractivity contribution >= 4 is 22.4 Å². The second kappa shape index (κ2) is 9.27. The van der Waals surface area contributed by atoms with E-state index < -0.39 is 18.8 Å². The van der Waals surface area contributed by atoms with Crippen molar-refractivity contribution < 1.29 is 13.2 Å². The number of aromatic nitrogens is 3. The minimum atomic E-state index is -4.27. The number of nitriles is 1. The van der Waals surface area contributed by atoms with Gasteiger partial charge in [-0.25, -0.2) is 0 Å². The van der Waals surface area contributed by atoms with Gasteiger partial charge in [0, 0.05) is 17.9 Å². The molecule has 0 bridgehead atoms. The van der Waals surface area contributed by atoms with Gasteiger partial charge in [0.15, 0.2) is 5.82 Å². The van der Waals surface area contributed by atoms with E-state index in [1.807, 2.05) is 0 Å². The van der Waals surface area contributed by atoms with Crippen molar-refractivity contribution in [2.24, 2.45) is 5.92 Å². The third-order valence-electron chi connectivity index (χ3n) is 6.12. The molecule has 1 fully saturated rings. The van der Waals surface area contributed by atoms with Gasteiger partial charge in [-0.15, -0.1) is 0 Å². The van der Waals surface area contributed by atoms with E-state index in [2.05, 4.69) is 26.8 Å². The maximum atomic E-state index is 12.6. The lowest BCUT2D eigenvalue weighted by Gasteiger charge is -2.27. The van der Waals surface area contributed by atoms with Crippen molar-refractivity contribution in [1.82, 2.24) is 20.1 Å². The van der Waals surface area contributed by atoms with E-state index >= 15 is 0 Å². The number of H-pyrrole nitrogens is 1. The number of hydrogen-bond acceptors (Lipinski definition) is 5. The quantitative estimate of drug-likeness (QED) is 0.486. The van der Waals surface area contributed by atoms with Crippen LogP contribution in [0.15, 0.2) is 41.3 Å². The van der Waals surface area contributed by atoms with E-state index in [0.29, 0.717) is 28.0 Å². The van der Waals surface area contributed by atoms with Crippen LogP contribution < -0.4 is 16.2 Å².